The maximum atomic E-state index is 6.18. The molecule has 0 spiro atoms. The Morgan fingerprint density at radius 2 is 1.76 bits per heavy atom. The van der Waals surface area contributed by atoms with Gasteiger partial charge >= 0.3 is 0 Å². The van der Waals surface area contributed by atoms with Gasteiger partial charge in [0.1, 0.15) is 6.10 Å². The Morgan fingerprint density at radius 3 is 2.55 bits per heavy atom. The number of fused-ring (bicyclic) bond motifs is 3. The molecule has 0 bridgehead atoms. The summed E-state index contributed by atoms with van der Waals surface area (Å²) in [4.78, 5) is 11.5. The Morgan fingerprint density at radius 1 is 0.939 bits per heavy atom. The average Bonchev–Trinajstić information content (AvgIpc) is 3.13. The molecule has 0 radical (unpaired) electrons. The molecule has 6 rings (SSSR count). The summed E-state index contributed by atoms with van der Waals surface area (Å²) in [5, 5.41) is 5.87. The fraction of sp³-hybridized carbons (Fsp3) is 0.407. The molecule has 1 N–H and O–H groups in total. The number of nitrogens with one attached hydrogen (secondary N) is 1. The first-order chi connectivity index (χ1) is 16.2. The van der Waals surface area contributed by atoms with Crippen LogP contribution in [0.2, 0.25) is 0 Å². The van der Waals surface area contributed by atoms with Crippen LogP contribution in [0.3, 0.4) is 0 Å². The monoisotopic (exact) mass is 441 g/mol. The summed E-state index contributed by atoms with van der Waals surface area (Å²) >= 11 is 0. The van der Waals surface area contributed by atoms with Gasteiger partial charge in [-0.2, -0.15) is 0 Å². The van der Waals surface area contributed by atoms with Gasteiger partial charge in [0, 0.05) is 78.5 Å². The molecule has 4 aromatic rings. The molecule has 2 aliphatic rings. The van der Waals surface area contributed by atoms with Gasteiger partial charge in [-0.25, -0.2) is 4.98 Å². The van der Waals surface area contributed by atoms with E-state index < -0.39 is 0 Å². The third-order valence-electron chi connectivity index (χ3n) is 7.70. The molecule has 0 atom stereocenters. The number of aromatic nitrogens is 3. The molecule has 0 amide bonds. The van der Waals surface area contributed by atoms with Gasteiger partial charge in [-0.15, -0.1) is 0 Å². The van der Waals surface area contributed by atoms with Crippen molar-refractivity contribution in [2.24, 2.45) is 7.05 Å². The van der Waals surface area contributed by atoms with Crippen LogP contribution < -0.4 is 10.1 Å². The molecule has 3 aromatic heterocycles. The van der Waals surface area contributed by atoms with Crippen molar-refractivity contribution in [1.29, 1.82) is 0 Å². The second-order valence-corrected chi connectivity index (χ2v) is 9.58. The molecule has 1 aliphatic heterocycles. The summed E-state index contributed by atoms with van der Waals surface area (Å²) in [6.07, 6.45) is 10.7. The molecular formula is C27H31N5O. The molecular weight excluding hydrogens is 410 g/mol. The van der Waals surface area contributed by atoms with Crippen LogP contribution in [0.1, 0.15) is 25.7 Å². The van der Waals surface area contributed by atoms with Gasteiger partial charge in [-0.05, 0) is 56.7 Å². The number of ether oxygens (including phenoxy) is 1. The smallest absolute Gasteiger partial charge is 0.213 e. The maximum Gasteiger partial charge on any atom is 0.213 e. The van der Waals surface area contributed by atoms with E-state index in [-0.39, 0.29) is 6.10 Å². The lowest BCUT2D eigenvalue weighted by atomic mass is 9.86. The van der Waals surface area contributed by atoms with Crippen molar-refractivity contribution in [2.75, 3.05) is 20.1 Å². The summed E-state index contributed by atoms with van der Waals surface area (Å²) in [5.41, 5.74) is 4.66. The number of piperidine rings is 1. The van der Waals surface area contributed by atoms with Gasteiger partial charge in [0.05, 0.1) is 5.52 Å². The largest absolute Gasteiger partial charge is 0.474 e. The number of aryl methyl sites for hydroxylation is 1. The van der Waals surface area contributed by atoms with E-state index in [0.717, 1.165) is 42.9 Å². The molecule has 6 heteroatoms. The number of hydrogen-bond donors (Lipinski definition) is 1. The topological polar surface area (TPSA) is 55.2 Å². The molecule has 1 saturated carbocycles. The Kier molecular flexibility index (Phi) is 5.27. The van der Waals surface area contributed by atoms with Crippen molar-refractivity contribution in [2.45, 2.75) is 43.9 Å². The molecule has 4 heterocycles. The lowest BCUT2D eigenvalue weighted by Gasteiger charge is -2.45. The summed E-state index contributed by atoms with van der Waals surface area (Å²) < 4.78 is 8.41. The van der Waals surface area contributed by atoms with Crippen LogP contribution in [0.4, 0.5) is 0 Å². The highest BCUT2D eigenvalue weighted by Crippen LogP contribution is 2.33. The van der Waals surface area contributed by atoms with Crippen LogP contribution in [0.5, 0.6) is 5.88 Å². The third-order valence-corrected chi connectivity index (χ3v) is 7.70. The third kappa shape index (κ3) is 3.77. The second-order valence-electron chi connectivity index (χ2n) is 9.58. The van der Waals surface area contributed by atoms with E-state index in [2.05, 4.69) is 69.2 Å². The zero-order valence-electron chi connectivity index (χ0n) is 19.4. The summed E-state index contributed by atoms with van der Waals surface area (Å²) in [6, 6.07) is 14.1. The van der Waals surface area contributed by atoms with Crippen molar-refractivity contribution < 1.29 is 4.74 Å². The van der Waals surface area contributed by atoms with E-state index in [0.29, 0.717) is 12.1 Å². The van der Waals surface area contributed by atoms with Crippen LogP contribution in [-0.4, -0.2) is 57.8 Å². The highest BCUT2D eigenvalue weighted by Gasteiger charge is 2.36. The van der Waals surface area contributed by atoms with Gasteiger partial charge in [-0.1, -0.05) is 12.1 Å². The first-order valence-corrected chi connectivity index (χ1v) is 12.1. The van der Waals surface area contributed by atoms with Gasteiger partial charge in [-0.3, -0.25) is 4.98 Å². The molecule has 2 fully saturated rings. The number of nitrogens with zero attached hydrogens (tertiary/aromatic N) is 4. The van der Waals surface area contributed by atoms with Gasteiger partial charge in [0.2, 0.25) is 5.88 Å². The van der Waals surface area contributed by atoms with Crippen molar-refractivity contribution >= 4 is 21.8 Å². The van der Waals surface area contributed by atoms with Crippen LogP contribution >= 0.6 is 0 Å². The van der Waals surface area contributed by atoms with Gasteiger partial charge in [0.25, 0.3) is 0 Å². The first kappa shape index (κ1) is 20.6. The highest BCUT2D eigenvalue weighted by atomic mass is 16.5. The normalized spacial score (nSPS) is 21.5. The van der Waals surface area contributed by atoms with Crippen LogP contribution in [0, 0.1) is 0 Å². The maximum absolute atomic E-state index is 6.18. The molecule has 1 aliphatic carbocycles. The van der Waals surface area contributed by atoms with E-state index in [1.807, 2.05) is 24.7 Å². The lowest BCUT2D eigenvalue weighted by Crippen LogP contribution is -2.53. The predicted molar refractivity (Wildman–Crippen MR) is 133 cm³/mol. The Hall–Kier alpha value is -2.96. The minimum absolute atomic E-state index is 0.276. The first-order valence-electron chi connectivity index (χ1n) is 12.1. The van der Waals surface area contributed by atoms with Crippen molar-refractivity contribution in [3.05, 3.63) is 55.0 Å². The highest BCUT2D eigenvalue weighted by molar-refractivity contribution is 6.08. The number of benzene rings is 1. The van der Waals surface area contributed by atoms with Crippen LogP contribution in [0.25, 0.3) is 32.9 Å². The molecule has 170 valence electrons. The van der Waals surface area contributed by atoms with Crippen molar-refractivity contribution in [3.63, 3.8) is 0 Å². The summed E-state index contributed by atoms with van der Waals surface area (Å²) in [7, 11) is 4.39. The number of rotatable bonds is 5. The van der Waals surface area contributed by atoms with Crippen molar-refractivity contribution in [1.82, 2.24) is 24.8 Å². The van der Waals surface area contributed by atoms with Gasteiger partial charge in [0.15, 0.2) is 0 Å². The summed E-state index contributed by atoms with van der Waals surface area (Å²) in [6.45, 7) is 2.28. The Labute approximate surface area is 194 Å². The minimum Gasteiger partial charge on any atom is -0.474 e. The van der Waals surface area contributed by atoms with E-state index in [1.54, 1.807) is 0 Å². The Bertz CT molecular complexity index is 1270. The number of pyridine rings is 2. The molecule has 33 heavy (non-hydrogen) atoms. The SMILES string of the molecule is Cn1c2ccncc2c2ccc(-c3ccc(O[C@H]4C[C@H](N(C)C5CCNCC5)C4)nc3)cc21. The van der Waals surface area contributed by atoms with Crippen LogP contribution in [-0.2, 0) is 7.05 Å². The Balaban J connectivity index is 1.12. The van der Waals surface area contributed by atoms with E-state index in [1.165, 1.54) is 34.6 Å². The molecule has 1 aromatic carbocycles. The fourth-order valence-electron chi connectivity index (χ4n) is 5.50. The second kappa shape index (κ2) is 8.43. The van der Waals surface area contributed by atoms with Crippen LogP contribution in [0.15, 0.2) is 55.0 Å². The van der Waals surface area contributed by atoms with Gasteiger partial charge < -0.3 is 19.5 Å². The predicted octanol–water partition coefficient (Wildman–Crippen LogP) is 4.38. The number of hydrogen-bond acceptors (Lipinski definition) is 5. The average molecular weight is 442 g/mol. The zero-order valence-corrected chi connectivity index (χ0v) is 19.4. The minimum atomic E-state index is 0.276. The summed E-state index contributed by atoms with van der Waals surface area (Å²) in [5.74, 6) is 0.725. The quantitative estimate of drug-likeness (QED) is 0.498. The molecule has 0 unspecified atom stereocenters. The lowest BCUT2D eigenvalue weighted by molar-refractivity contribution is 0.00225. The van der Waals surface area contributed by atoms with E-state index in [4.69, 9.17) is 4.74 Å². The zero-order chi connectivity index (χ0) is 22.4. The standard InChI is InChI=1S/C27H31N5O/c1-31(20-7-10-28-11-8-20)21-14-22(15-21)33-27-6-4-19(16-30-27)18-3-5-23-24-17-29-12-9-25(24)32(2)26(23)13-18/h3-6,9,12-13,16-17,20-22,28H,7-8,10-11,14-15H2,1-2H3/t21-,22-. The fourth-order valence-corrected chi connectivity index (χ4v) is 5.50. The molecule has 6 nitrogen and oxygen atoms in total. The van der Waals surface area contributed by atoms with E-state index >= 15 is 0 Å². The molecule has 1 saturated heterocycles. The van der Waals surface area contributed by atoms with E-state index in [9.17, 15) is 0 Å². The van der Waals surface area contributed by atoms with Crippen molar-refractivity contribution in [3.8, 4) is 17.0 Å².